The average Bonchev–Trinajstić information content (AvgIpc) is 2.62. The highest BCUT2D eigenvalue weighted by molar-refractivity contribution is 7.11. The summed E-state index contributed by atoms with van der Waals surface area (Å²) in [6, 6.07) is 0.351. The van der Waals surface area contributed by atoms with E-state index in [9.17, 15) is 0 Å². The molecule has 3 nitrogen and oxygen atoms in total. The molecule has 2 atom stereocenters. The molecular weight excluding hydrogens is 206 g/mol. The van der Waals surface area contributed by atoms with Crippen LogP contribution in [0.2, 0.25) is 0 Å². The van der Waals surface area contributed by atoms with E-state index in [1.54, 1.807) is 11.3 Å². The van der Waals surface area contributed by atoms with Gasteiger partial charge in [0.2, 0.25) is 0 Å². The van der Waals surface area contributed by atoms with Crippen LogP contribution in [0.5, 0.6) is 0 Å². The fourth-order valence-corrected chi connectivity index (χ4v) is 2.23. The van der Waals surface area contributed by atoms with Gasteiger partial charge in [0.05, 0.1) is 6.04 Å². The summed E-state index contributed by atoms with van der Waals surface area (Å²) in [7, 11) is 0. The smallest absolute Gasteiger partial charge is 0.109 e. The van der Waals surface area contributed by atoms with E-state index < -0.39 is 0 Å². The van der Waals surface area contributed by atoms with Crippen molar-refractivity contribution in [3.05, 3.63) is 16.1 Å². The zero-order valence-corrected chi connectivity index (χ0v) is 10.6. The monoisotopic (exact) mass is 227 g/mol. The first-order valence-corrected chi connectivity index (χ1v) is 6.31. The van der Waals surface area contributed by atoms with E-state index >= 15 is 0 Å². The molecule has 0 spiro atoms. The second-order valence-corrected chi connectivity index (χ2v) is 5.39. The highest BCUT2D eigenvalue weighted by atomic mass is 32.1. The first-order valence-electron chi connectivity index (χ1n) is 5.49. The SMILES string of the molecule is Cc1cnc(C(C)NCC(C)CCN)s1. The molecule has 15 heavy (non-hydrogen) atoms. The largest absolute Gasteiger partial charge is 0.330 e. The van der Waals surface area contributed by atoms with E-state index in [4.69, 9.17) is 5.73 Å². The lowest BCUT2D eigenvalue weighted by Gasteiger charge is -2.15. The van der Waals surface area contributed by atoms with Gasteiger partial charge >= 0.3 is 0 Å². The summed E-state index contributed by atoms with van der Waals surface area (Å²) in [6.45, 7) is 8.25. The number of aryl methyl sites for hydroxylation is 1. The highest BCUT2D eigenvalue weighted by Gasteiger charge is 2.09. The molecule has 1 aromatic rings. The van der Waals surface area contributed by atoms with Crippen LogP contribution in [-0.2, 0) is 0 Å². The Morgan fingerprint density at radius 1 is 1.53 bits per heavy atom. The predicted molar refractivity (Wildman–Crippen MR) is 66.1 cm³/mol. The lowest BCUT2D eigenvalue weighted by molar-refractivity contribution is 0.451. The Hall–Kier alpha value is -0.450. The number of hydrogen-bond donors (Lipinski definition) is 2. The Morgan fingerprint density at radius 3 is 2.80 bits per heavy atom. The molecule has 0 aliphatic carbocycles. The van der Waals surface area contributed by atoms with Gasteiger partial charge in [-0.15, -0.1) is 11.3 Å². The second kappa shape index (κ2) is 6.20. The van der Waals surface area contributed by atoms with E-state index in [1.165, 1.54) is 9.88 Å². The topological polar surface area (TPSA) is 50.9 Å². The number of rotatable bonds is 6. The normalized spacial score (nSPS) is 15.2. The van der Waals surface area contributed by atoms with Gasteiger partial charge in [0.15, 0.2) is 0 Å². The molecule has 0 fully saturated rings. The molecule has 3 N–H and O–H groups in total. The first kappa shape index (κ1) is 12.6. The van der Waals surface area contributed by atoms with Crippen LogP contribution in [-0.4, -0.2) is 18.1 Å². The van der Waals surface area contributed by atoms with Crippen molar-refractivity contribution < 1.29 is 0 Å². The van der Waals surface area contributed by atoms with E-state index in [0.717, 1.165) is 19.5 Å². The van der Waals surface area contributed by atoms with Gasteiger partial charge in [-0.3, -0.25) is 0 Å². The summed E-state index contributed by atoms with van der Waals surface area (Å²) in [4.78, 5) is 5.64. The molecule has 0 bridgehead atoms. The second-order valence-electron chi connectivity index (χ2n) is 4.12. The van der Waals surface area contributed by atoms with Crippen LogP contribution < -0.4 is 11.1 Å². The number of thiazole rings is 1. The van der Waals surface area contributed by atoms with Crippen molar-refractivity contribution in [2.75, 3.05) is 13.1 Å². The van der Waals surface area contributed by atoms with Gasteiger partial charge in [0.25, 0.3) is 0 Å². The summed E-state index contributed by atoms with van der Waals surface area (Å²) in [5.41, 5.74) is 5.51. The minimum Gasteiger partial charge on any atom is -0.330 e. The molecule has 86 valence electrons. The number of nitrogens with zero attached hydrogens (tertiary/aromatic N) is 1. The molecule has 0 aliphatic heterocycles. The fourth-order valence-electron chi connectivity index (χ4n) is 1.42. The molecule has 0 amide bonds. The summed E-state index contributed by atoms with van der Waals surface area (Å²) in [5.74, 6) is 0.638. The summed E-state index contributed by atoms with van der Waals surface area (Å²) < 4.78 is 0. The summed E-state index contributed by atoms with van der Waals surface area (Å²) >= 11 is 1.76. The maximum atomic E-state index is 5.51. The molecule has 1 rings (SSSR count). The third kappa shape index (κ3) is 4.28. The van der Waals surface area contributed by atoms with Crippen molar-refractivity contribution in [3.8, 4) is 0 Å². The molecular formula is C11H21N3S. The van der Waals surface area contributed by atoms with Gasteiger partial charge in [0, 0.05) is 11.1 Å². The molecule has 2 unspecified atom stereocenters. The first-order chi connectivity index (χ1) is 7.13. The lowest BCUT2D eigenvalue weighted by atomic mass is 10.1. The van der Waals surface area contributed by atoms with Crippen molar-refractivity contribution in [2.24, 2.45) is 11.7 Å². The van der Waals surface area contributed by atoms with Crippen LogP contribution in [0.25, 0.3) is 0 Å². The molecule has 0 radical (unpaired) electrons. The Kier molecular flexibility index (Phi) is 5.22. The maximum Gasteiger partial charge on any atom is 0.109 e. The average molecular weight is 227 g/mol. The van der Waals surface area contributed by atoms with Gasteiger partial charge in [-0.25, -0.2) is 4.98 Å². The van der Waals surface area contributed by atoms with Crippen molar-refractivity contribution in [1.82, 2.24) is 10.3 Å². The molecule has 0 saturated heterocycles. The fraction of sp³-hybridized carbons (Fsp3) is 0.727. The van der Waals surface area contributed by atoms with E-state index in [1.807, 2.05) is 6.20 Å². The van der Waals surface area contributed by atoms with Crippen molar-refractivity contribution in [3.63, 3.8) is 0 Å². The number of nitrogens with two attached hydrogens (primary N) is 1. The van der Waals surface area contributed by atoms with Gasteiger partial charge in [0.1, 0.15) is 5.01 Å². The molecule has 0 saturated carbocycles. The molecule has 4 heteroatoms. The molecule has 1 heterocycles. The Labute approximate surface area is 96.1 Å². The highest BCUT2D eigenvalue weighted by Crippen LogP contribution is 2.19. The lowest BCUT2D eigenvalue weighted by Crippen LogP contribution is -2.25. The summed E-state index contributed by atoms with van der Waals surface area (Å²) in [6.07, 6.45) is 3.01. The quantitative estimate of drug-likeness (QED) is 0.782. The van der Waals surface area contributed by atoms with Crippen molar-refractivity contribution in [2.45, 2.75) is 33.2 Å². The molecule has 1 aromatic heterocycles. The van der Waals surface area contributed by atoms with E-state index in [0.29, 0.717) is 12.0 Å². The minimum absolute atomic E-state index is 0.351. The van der Waals surface area contributed by atoms with Gasteiger partial charge in [-0.05, 0) is 39.3 Å². The Bertz CT molecular complexity index is 285. The van der Waals surface area contributed by atoms with Crippen molar-refractivity contribution in [1.29, 1.82) is 0 Å². The third-order valence-electron chi connectivity index (χ3n) is 2.44. The van der Waals surface area contributed by atoms with Crippen LogP contribution in [0.3, 0.4) is 0 Å². The molecule has 0 aromatic carbocycles. The Morgan fingerprint density at radius 2 is 2.27 bits per heavy atom. The van der Waals surface area contributed by atoms with E-state index in [-0.39, 0.29) is 0 Å². The van der Waals surface area contributed by atoms with E-state index in [2.05, 4.69) is 31.1 Å². The minimum atomic E-state index is 0.351. The van der Waals surface area contributed by atoms with Crippen LogP contribution in [0, 0.1) is 12.8 Å². The van der Waals surface area contributed by atoms with Crippen LogP contribution in [0.15, 0.2) is 6.20 Å². The molecule has 0 aliphatic rings. The van der Waals surface area contributed by atoms with Gasteiger partial charge in [-0.1, -0.05) is 6.92 Å². The van der Waals surface area contributed by atoms with Crippen LogP contribution >= 0.6 is 11.3 Å². The number of hydrogen-bond acceptors (Lipinski definition) is 4. The summed E-state index contributed by atoms with van der Waals surface area (Å²) in [5, 5.41) is 4.66. The third-order valence-corrected chi connectivity index (χ3v) is 3.54. The zero-order valence-electron chi connectivity index (χ0n) is 9.79. The predicted octanol–water partition coefficient (Wildman–Crippen LogP) is 2.09. The zero-order chi connectivity index (χ0) is 11.3. The Balaban J connectivity index is 2.33. The van der Waals surface area contributed by atoms with Gasteiger partial charge in [-0.2, -0.15) is 0 Å². The standard InChI is InChI=1S/C11H21N3S/c1-8(4-5-12)6-13-10(3)11-14-7-9(2)15-11/h7-8,10,13H,4-6,12H2,1-3H3. The van der Waals surface area contributed by atoms with Crippen LogP contribution in [0.1, 0.15) is 36.2 Å². The number of nitrogens with one attached hydrogen (secondary N) is 1. The van der Waals surface area contributed by atoms with Gasteiger partial charge < -0.3 is 11.1 Å². The maximum absolute atomic E-state index is 5.51. The van der Waals surface area contributed by atoms with Crippen molar-refractivity contribution >= 4 is 11.3 Å². The van der Waals surface area contributed by atoms with Crippen LogP contribution in [0.4, 0.5) is 0 Å². The number of aromatic nitrogens is 1.